The first-order valence-electron chi connectivity index (χ1n) is 4.74. The van der Waals surface area contributed by atoms with Gasteiger partial charge in [0.2, 0.25) is 0 Å². The van der Waals surface area contributed by atoms with Gasteiger partial charge in [0, 0.05) is 5.54 Å². The van der Waals surface area contributed by atoms with E-state index in [0.29, 0.717) is 0 Å². The van der Waals surface area contributed by atoms with Crippen molar-refractivity contribution in [1.29, 1.82) is 0 Å². The predicted octanol–water partition coefficient (Wildman–Crippen LogP) is 0.228. The Morgan fingerprint density at radius 2 is 2.00 bits per heavy atom. The molecule has 3 heteroatoms. The Kier molecular flexibility index (Phi) is 2.76. The molecule has 0 spiro atoms. The second-order valence-electron chi connectivity index (χ2n) is 4.05. The fraction of sp³-hybridized carbons (Fsp3) is 1.00. The minimum Gasteiger partial charge on any atom is -0.388 e. The Morgan fingerprint density at radius 1 is 1.50 bits per heavy atom. The molecule has 0 aromatic rings. The molecule has 0 radical (unpaired) electrons. The van der Waals surface area contributed by atoms with E-state index >= 15 is 0 Å². The van der Waals surface area contributed by atoms with Gasteiger partial charge in [-0.1, -0.05) is 6.92 Å². The van der Waals surface area contributed by atoms with Crippen molar-refractivity contribution in [3.63, 3.8) is 0 Å². The van der Waals surface area contributed by atoms with Crippen LogP contribution in [0.15, 0.2) is 0 Å². The van der Waals surface area contributed by atoms with Crippen molar-refractivity contribution in [1.82, 2.24) is 5.32 Å². The van der Waals surface area contributed by atoms with E-state index in [1.54, 1.807) is 0 Å². The molecule has 1 unspecified atom stereocenters. The number of hydrogen-bond donors (Lipinski definition) is 3. The quantitative estimate of drug-likeness (QED) is 0.559. The van der Waals surface area contributed by atoms with Crippen LogP contribution in [0, 0.1) is 0 Å². The molecule has 1 aliphatic heterocycles. The first kappa shape index (κ1) is 9.96. The molecule has 72 valence electrons. The van der Waals surface area contributed by atoms with Crippen LogP contribution in [0.25, 0.3) is 0 Å². The van der Waals surface area contributed by atoms with Crippen LogP contribution in [0.4, 0.5) is 0 Å². The summed E-state index contributed by atoms with van der Waals surface area (Å²) < 4.78 is 0. The van der Waals surface area contributed by atoms with Crippen molar-refractivity contribution in [3.05, 3.63) is 0 Å². The van der Waals surface area contributed by atoms with Gasteiger partial charge in [-0.3, -0.25) is 0 Å². The standard InChI is InChI=1S/C9H20N2O/c1-3-8(2,10)9(12)4-6-11-7-5-9/h11-12H,3-7,10H2,1-2H3. The van der Waals surface area contributed by atoms with E-state index in [2.05, 4.69) is 5.32 Å². The molecule has 1 heterocycles. The third-order valence-electron chi connectivity index (χ3n) is 3.23. The van der Waals surface area contributed by atoms with Crippen LogP contribution in [-0.2, 0) is 0 Å². The van der Waals surface area contributed by atoms with Gasteiger partial charge in [-0.25, -0.2) is 0 Å². The topological polar surface area (TPSA) is 58.3 Å². The number of aliphatic hydroxyl groups is 1. The SMILES string of the molecule is CCC(C)(N)C1(O)CCNCC1. The summed E-state index contributed by atoms with van der Waals surface area (Å²) in [5.74, 6) is 0. The molecule has 1 aliphatic rings. The Bertz CT molecular complexity index is 151. The summed E-state index contributed by atoms with van der Waals surface area (Å²) in [4.78, 5) is 0. The molecule has 0 aromatic heterocycles. The summed E-state index contributed by atoms with van der Waals surface area (Å²) in [6.45, 7) is 5.73. The van der Waals surface area contributed by atoms with Gasteiger partial charge in [0.05, 0.1) is 5.60 Å². The summed E-state index contributed by atoms with van der Waals surface area (Å²) in [6, 6.07) is 0. The van der Waals surface area contributed by atoms with Gasteiger partial charge in [0.1, 0.15) is 0 Å². The average Bonchev–Trinajstić information content (AvgIpc) is 2.06. The molecule has 4 N–H and O–H groups in total. The maximum Gasteiger partial charge on any atom is 0.0847 e. The fourth-order valence-corrected chi connectivity index (χ4v) is 1.74. The molecular formula is C9H20N2O. The molecule has 3 nitrogen and oxygen atoms in total. The van der Waals surface area contributed by atoms with Gasteiger partial charge in [-0.05, 0) is 39.3 Å². The van der Waals surface area contributed by atoms with E-state index < -0.39 is 11.1 Å². The van der Waals surface area contributed by atoms with Gasteiger partial charge in [0.15, 0.2) is 0 Å². The lowest BCUT2D eigenvalue weighted by molar-refractivity contribution is -0.0540. The van der Waals surface area contributed by atoms with Gasteiger partial charge in [-0.2, -0.15) is 0 Å². The highest BCUT2D eigenvalue weighted by Gasteiger charge is 2.43. The molecule has 1 rings (SSSR count). The van der Waals surface area contributed by atoms with E-state index in [1.807, 2.05) is 13.8 Å². The zero-order valence-corrected chi connectivity index (χ0v) is 8.06. The summed E-state index contributed by atoms with van der Waals surface area (Å²) in [6.07, 6.45) is 2.37. The van der Waals surface area contributed by atoms with Gasteiger partial charge in [0.25, 0.3) is 0 Å². The van der Waals surface area contributed by atoms with Crippen molar-refractivity contribution in [2.75, 3.05) is 13.1 Å². The van der Waals surface area contributed by atoms with Crippen LogP contribution in [0.1, 0.15) is 33.1 Å². The predicted molar refractivity (Wildman–Crippen MR) is 49.9 cm³/mol. The smallest absolute Gasteiger partial charge is 0.0847 e. The summed E-state index contributed by atoms with van der Waals surface area (Å²) in [5, 5.41) is 13.5. The van der Waals surface area contributed by atoms with E-state index in [0.717, 1.165) is 32.4 Å². The molecular weight excluding hydrogens is 152 g/mol. The molecule has 0 saturated carbocycles. The van der Waals surface area contributed by atoms with Gasteiger partial charge < -0.3 is 16.2 Å². The van der Waals surface area contributed by atoms with Crippen molar-refractivity contribution in [2.24, 2.45) is 5.73 Å². The van der Waals surface area contributed by atoms with Crippen LogP contribution in [-0.4, -0.2) is 29.3 Å². The van der Waals surface area contributed by atoms with Crippen LogP contribution in [0.2, 0.25) is 0 Å². The van der Waals surface area contributed by atoms with E-state index in [-0.39, 0.29) is 0 Å². The molecule has 0 aromatic carbocycles. The first-order chi connectivity index (χ1) is 5.52. The monoisotopic (exact) mass is 172 g/mol. The largest absolute Gasteiger partial charge is 0.388 e. The van der Waals surface area contributed by atoms with Crippen LogP contribution >= 0.6 is 0 Å². The maximum absolute atomic E-state index is 10.2. The molecule has 0 bridgehead atoms. The number of nitrogens with two attached hydrogens (primary N) is 1. The van der Waals surface area contributed by atoms with Crippen LogP contribution in [0.5, 0.6) is 0 Å². The summed E-state index contributed by atoms with van der Waals surface area (Å²) in [7, 11) is 0. The van der Waals surface area contributed by atoms with Crippen molar-refractivity contribution < 1.29 is 5.11 Å². The molecule has 0 amide bonds. The Hall–Kier alpha value is -0.120. The number of rotatable bonds is 2. The number of hydrogen-bond acceptors (Lipinski definition) is 3. The van der Waals surface area contributed by atoms with E-state index in [9.17, 15) is 5.11 Å². The van der Waals surface area contributed by atoms with Crippen molar-refractivity contribution >= 4 is 0 Å². The van der Waals surface area contributed by atoms with Gasteiger partial charge in [-0.15, -0.1) is 0 Å². The number of nitrogens with one attached hydrogen (secondary N) is 1. The Labute approximate surface area is 74.3 Å². The molecule has 0 aliphatic carbocycles. The lowest BCUT2D eigenvalue weighted by atomic mass is 9.74. The molecule has 1 saturated heterocycles. The zero-order chi connectivity index (χ0) is 9.24. The Balaban J connectivity index is 2.68. The first-order valence-corrected chi connectivity index (χ1v) is 4.74. The Morgan fingerprint density at radius 3 is 2.42 bits per heavy atom. The minimum absolute atomic E-state index is 0.435. The lowest BCUT2D eigenvalue weighted by Crippen LogP contribution is -2.61. The van der Waals surface area contributed by atoms with E-state index in [1.165, 1.54) is 0 Å². The molecule has 1 atom stereocenters. The number of piperidine rings is 1. The normalized spacial score (nSPS) is 28.0. The molecule has 12 heavy (non-hydrogen) atoms. The minimum atomic E-state index is -0.660. The second-order valence-corrected chi connectivity index (χ2v) is 4.05. The maximum atomic E-state index is 10.2. The second kappa shape index (κ2) is 3.32. The van der Waals surface area contributed by atoms with Crippen molar-refractivity contribution in [3.8, 4) is 0 Å². The van der Waals surface area contributed by atoms with Gasteiger partial charge >= 0.3 is 0 Å². The highest BCUT2D eigenvalue weighted by Crippen LogP contribution is 2.30. The van der Waals surface area contributed by atoms with Crippen LogP contribution < -0.4 is 11.1 Å². The summed E-state index contributed by atoms with van der Waals surface area (Å²) >= 11 is 0. The van der Waals surface area contributed by atoms with E-state index in [4.69, 9.17) is 5.73 Å². The highest BCUT2D eigenvalue weighted by molar-refractivity contribution is 5.01. The third kappa shape index (κ3) is 1.63. The average molecular weight is 172 g/mol. The van der Waals surface area contributed by atoms with Crippen LogP contribution in [0.3, 0.4) is 0 Å². The highest BCUT2D eigenvalue weighted by atomic mass is 16.3. The van der Waals surface area contributed by atoms with Crippen molar-refractivity contribution in [2.45, 2.75) is 44.2 Å². The fourth-order valence-electron chi connectivity index (χ4n) is 1.74. The lowest BCUT2D eigenvalue weighted by Gasteiger charge is -2.44. The molecule has 1 fully saturated rings. The zero-order valence-electron chi connectivity index (χ0n) is 8.06. The summed E-state index contributed by atoms with van der Waals surface area (Å²) in [5.41, 5.74) is 4.95. The third-order valence-corrected chi connectivity index (χ3v) is 3.23.